The second-order valence-corrected chi connectivity index (χ2v) is 12.4. The van der Waals surface area contributed by atoms with E-state index in [-0.39, 0.29) is 11.9 Å². The van der Waals surface area contributed by atoms with Crippen LogP contribution in [0.2, 0.25) is 0 Å². The van der Waals surface area contributed by atoms with Crippen molar-refractivity contribution in [2.45, 2.75) is 123 Å². The monoisotopic (exact) mass is 528 g/mol. The second-order valence-electron chi connectivity index (χ2n) is 12.4. The van der Waals surface area contributed by atoms with Gasteiger partial charge in [0.1, 0.15) is 0 Å². The highest BCUT2D eigenvalue weighted by molar-refractivity contribution is 5.70. The summed E-state index contributed by atoms with van der Waals surface area (Å²) >= 11 is 0. The first kappa shape index (κ1) is 35.9. The third kappa shape index (κ3) is 24.9. The van der Waals surface area contributed by atoms with Crippen molar-refractivity contribution in [2.24, 2.45) is 0 Å². The van der Waals surface area contributed by atoms with Gasteiger partial charge in [0.15, 0.2) is 13.1 Å². The van der Waals surface area contributed by atoms with Crippen molar-refractivity contribution >= 4 is 11.9 Å². The maximum absolute atomic E-state index is 12.3. The number of hydrogen-bond acceptors (Lipinski definition) is 4. The lowest BCUT2D eigenvalue weighted by Gasteiger charge is -2.32. The van der Waals surface area contributed by atoms with Gasteiger partial charge in [-0.25, -0.2) is 9.59 Å². The molecule has 0 aromatic rings. The molecule has 0 aliphatic heterocycles. The molecule has 0 bridgehead atoms. The summed E-state index contributed by atoms with van der Waals surface area (Å²) < 4.78 is 12.2. The van der Waals surface area contributed by atoms with E-state index in [1.807, 2.05) is 0 Å². The van der Waals surface area contributed by atoms with E-state index in [2.05, 4.69) is 42.0 Å². The van der Waals surface area contributed by atoms with Crippen LogP contribution in [0.4, 0.5) is 0 Å². The number of carbonyl (C=O) groups excluding carboxylic acids is 2. The lowest BCUT2D eigenvalue weighted by atomic mass is 10.1. The predicted octanol–water partition coefficient (Wildman–Crippen LogP) is 6.90. The highest BCUT2D eigenvalue weighted by atomic mass is 16.5. The van der Waals surface area contributed by atoms with E-state index < -0.39 is 0 Å². The number of ether oxygens (including phenoxy) is 2. The van der Waals surface area contributed by atoms with Crippen molar-refractivity contribution in [3.63, 3.8) is 0 Å². The Bertz CT molecular complexity index is 515. The van der Waals surface area contributed by atoms with Crippen LogP contribution in [0.5, 0.6) is 0 Å². The van der Waals surface area contributed by atoms with Gasteiger partial charge < -0.3 is 18.4 Å². The number of likely N-dealkylation sites (N-methyl/N-ethyl adjacent to an activating group) is 2. The Morgan fingerprint density at radius 2 is 0.757 bits per heavy atom. The van der Waals surface area contributed by atoms with Crippen molar-refractivity contribution in [3.8, 4) is 0 Å². The molecule has 0 heterocycles. The van der Waals surface area contributed by atoms with Crippen LogP contribution in [0.25, 0.3) is 0 Å². The van der Waals surface area contributed by atoms with E-state index in [0.717, 1.165) is 45.2 Å². The maximum atomic E-state index is 12.3. The summed E-state index contributed by atoms with van der Waals surface area (Å²) in [4.78, 5) is 24.6. The van der Waals surface area contributed by atoms with Crippen molar-refractivity contribution in [2.75, 3.05) is 67.6 Å². The maximum Gasteiger partial charge on any atom is 0.361 e. The van der Waals surface area contributed by atoms with Crippen LogP contribution in [0, 0.1) is 0 Å². The van der Waals surface area contributed by atoms with Crippen LogP contribution in [-0.2, 0) is 19.1 Å². The topological polar surface area (TPSA) is 52.6 Å². The SMILES string of the molecule is CCCCCCCCCCOC(=O)C[N+](C)(C)CCC[N+](C)(C)CC(=O)OCCCCCCCCCC. The van der Waals surface area contributed by atoms with Crippen LogP contribution in [0.15, 0.2) is 0 Å². The highest BCUT2D eigenvalue weighted by Crippen LogP contribution is 2.10. The fourth-order valence-corrected chi connectivity index (χ4v) is 4.72. The fraction of sp³-hybridized carbons (Fsp3) is 0.935. The van der Waals surface area contributed by atoms with E-state index in [1.54, 1.807) is 0 Å². The zero-order valence-electron chi connectivity index (χ0n) is 25.8. The van der Waals surface area contributed by atoms with E-state index in [4.69, 9.17) is 9.47 Å². The van der Waals surface area contributed by atoms with Gasteiger partial charge in [-0.3, -0.25) is 0 Å². The molecular weight excluding hydrogens is 464 g/mol. The highest BCUT2D eigenvalue weighted by Gasteiger charge is 2.25. The Kier molecular flexibility index (Phi) is 22.1. The first-order chi connectivity index (χ1) is 17.6. The van der Waals surface area contributed by atoms with Crippen molar-refractivity contribution in [1.29, 1.82) is 0 Å². The Labute approximate surface area is 230 Å². The van der Waals surface area contributed by atoms with Gasteiger partial charge in [0.05, 0.1) is 54.5 Å². The van der Waals surface area contributed by atoms with E-state index in [9.17, 15) is 9.59 Å². The molecule has 0 saturated heterocycles. The minimum Gasteiger partial charge on any atom is -0.462 e. The summed E-state index contributed by atoms with van der Waals surface area (Å²) in [5.41, 5.74) is 0. The molecule has 0 fully saturated rings. The molecule has 6 heteroatoms. The Balaban J connectivity index is 3.88. The number of rotatable bonds is 26. The molecule has 0 aliphatic rings. The predicted molar refractivity (Wildman–Crippen MR) is 155 cm³/mol. The number of hydrogen-bond donors (Lipinski definition) is 0. The number of carbonyl (C=O) groups is 2. The average molecular weight is 529 g/mol. The molecule has 220 valence electrons. The van der Waals surface area contributed by atoms with Crippen molar-refractivity contribution < 1.29 is 28.0 Å². The normalized spacial score (nSPS) is 12.1. The number of unbranched alkanes of at least 4 members (excludes halogenated alkanes) is 14. The molecule has 0 N–H and O–H groups in total. The fourth-order valence-electron chi connectivity index (χ4n) is 4.72. The third-order valence-electron chi connectivity index (χ3n) is 7.16. The molecule has 6 nitrogen and oxygen atoms in total. The summed E-state index contributed by atoms with van der Waals surface area (Å²) in [5.74, 6) is -0.211. The summed E-state index contributed by atoms with van der Waals surface area (Å²) in [5, 5.41) is 0. The Morgan fingerprint density at radius 3 is 1.08 bits per heavy atom. The molecule has 0 atom stereocenters. The van der Waals surface area contributed by atoms with Gasteiger partial charge in [0.2, 0.25) is 0 Å². The minimum absolute atomic E-state index is 0.105. The zero-order chi connectivity index (χ0) is 27.8. The molecule has 0 rings (SSSR count). The summed E-state index contributed by atoms with van der Waals surface area (Å²) in [7, 11) is 8.32. The molecule has 0 aromatic carbocycles. The molecular formula is C31H64N2O4+2. The molecule has 0 aromatic heterocycles. The van der Waals surface area contributed by atoms with Crippen molar-refractivity contribution in [1.82, 2.24) is 0 Å². The molecule has 0 radical (unpaired) electrons. The summed E-state index contributed by atoms with van der Waals surface area (Å²) in [6.45, 7) is 8.11. The van der Waals surface area contributed by atoms with Gasteiger partial charge >= 0.3 is 11.9 Å². The van der Waals surface area contributed by atoms with Gasteiger partial charge in [-0.2, -0.15) is 0 Å². The molecule has 0 spiro atoms. The van der Waals surface area contributed by atoms with Crippen LogP contribution >= 0.6 is 0 Å². The first-order valence-electron chi connectivity index (χ1n) is 15.6. The van der Waals surface area contributed by atoms with Crippen LogP contribution in [-0.4, -0.2) is 88.5 Å². The molecule has 0 unspecified atom stereocenters. The molecule has 0 amide bonds. The largest absolute Gasteiger partial charge is 0.462 e. The van der Waals surface area contributed by atoms with Crippen molar-refractivity contribution in [3.05, 3.63) is 0 Å². The van der Waals surface area contributed by atoms with Crippen LogP contribution in [0.1, 0.15) is 123 Å². The second kappa shape index (κ2) is 22.8. The summed E-state index contributed by atoms with van der Waals surface area (Å²) in [6, 6.07) is 0. The number of esters is 2. The van der Waals surface area contributed by atoms with Crippen LogP contribution in [0.3, 0.4) is 0 Å². The van der Waals surface area contributed by atoms with E-state index >= 15 is 0 Å². The van der Waals surface area contributed by atoms with Gasteiger partial charge in [-0.15, -0.1) is 0 Å². The minimum atomic E-state index is -0.105. The molecule has 0 saturated carbocycles. The van der Waals surface area contributed by atoms with Gasteiger partial charge in [-0.1, -0.05) is 104 Å². The summed E-state index contributed by atoms with van der Waals surface area (Å²) in [6.07, 6.45) is 20.8. The molecule has 37 heavy (non-hydrogen) atoms. The standard InChI is InChI=1S/C31H64N2O4/c1-7-9-11-13-15-17-19-21-26-36-30(34)28-32(3,4)24-23-25-33(5,6)29-31(35)37-27-22-20-18-16-14-12-10-8-2/h7-29H2,1-6H3/q+2. The zero-order valence-corrected chi connectivity index (χ0v) is 25.8. The average Bonchev–Trinajstić information content (AvgIpc) is 2.81. The number of quaternary nitrogens is 2. The van der Waals surface area contributed by atoms with Gasteiger partial charge in [0.25, 0.3) is 0 Å². The van der Waals surface area contributed by atoms with E-state index in [1.165, 1.54) is 77.0 Å². The van der Waals surface area contributed by atoms with Gasteiger partial charge in [0, 0.05) is 6.42 Å². The quantitative estimate of drug-likeness (QED) is 0.0696. The van der Waals surface area contributed by atoms with Crippen LogP contribution < -0.4 is 0 Å². The van der Waals surface area contributed by atoms with E-state index in [0.29, 0.717) is 35.3 Å². The molecule has 0 aliphatic carbocycles. The lowest BCUT2D eigenvalue weighted by molar-refractivity contribution is -0.902. The Morgan fingerprint density at radius 1 is 0.459 bits per heavy atom. The number of nitrogens with zero attached hydrogens (tertiary/aromatic N) is 2. The lowest BCUT2D eigenvalue weighted by Crippen LogP contribution is -2.49. The Hall–Kier alpha value is -1.14. The third-order valence-corrected chi connectivity index (χ3v) is 7.16. The van der Waals surface area contributed by atoms with Gasteiger partial charge in [-0.05, 0) is 12.8 Å². The first-order valence-corrected chi connectivity index (χ1v) is 15.6. The smallest absolute Gasteiger partial charge is 0.361 e.